The van der Waals surface area contributed by atoms with Crippen LogP contribution in [0.15, 0.2) is 12.2 Å². The minimum Gasteiger partial charge on any atom is -0.392 e. The number of ether oxygens (including phenoxy) is 1. The Morgan fingerprint density at radius 1 is 1.80 bits per heavy atom. The van der Waals surface area contributed by atoms with Crippen molar-refractivity contribution >= 4 is 0 Å². The SMILES string of the molecule is C#C[C@@]1(CO)C=CC(O)O1. The van der Waals surface area contributed by atoms with Crippen LogP contribution in [0.3, 0.4) is 0 Å². The van der Waals surface area contributed by atoms with E-state index in [2.05, 4.69) is 5.92 Å². The van der Waals surface area contributed by atoms with Crippen molar-refractivity contribution in [2.75, 3.05) is 6.61 Å². The second-order valence-corrected chi connectivity index (χ2v) is 2.06. The molecule has 2 atom stereocenters. The van der Waals surface area contributed by atoms with Gasteiger partial charge < -0.3 is 14.9 Å². The molecule has 0 radical (unpaired) electrons. The normalized spacial score (nSPS) is 37.9. The molecule has 0 saturated carbocycles. The lowest BCUT2D eigenvalue weighted by Crippen LogP contribution is -2.31. The first kappa shape index (κ1) is 7.29. The third-order valence-electron chi connectivity index (χ3n) is 1.34. The fourth-order valence-electron chi connectivity index (χ4n) is 0.750. The highest BCUT2D eigenvalue weighted by atomic mass is 16.6. The molecule has 0 aromatic rings. The van der Waals surface area contributed by atoms with E-state index in [-0.39, 0.29) is 6.61 Å². The number of hydrogen-bond acceptors (Lipinski definition) is 3. The molecule has 0 saturated heterocycles. The van der Waals surface area contributed by atoms with Crippen molar-refractivity contribution in [1.82, 2.24) is 0 Å². The summed E-state index contributed by atoms with van der Waals surface area (Å²) < 4.78 is 4.81. The van der Waals surface area contributed by atoms with Gasteiger partial charge in [0.15, 0.2) is 11.9 Å². The van der Waals surface area contributed by atoms with Crippen molar-refractivity contribution in [3.8, 4) is 12.3 Å². The molecule has 0 bridgehead atoms. The van der Waals surface area contributed by atoms with Gasteiger partial charge in [-0.15, -0.1) is 6.42 Å². The molecule has 1 unspecified atom stereocenters. The van der Waals surface area contributed by atoms with Crippen LogP contribution in [0.25, 0.3) is 0 Å². The first-order valence-electron chi connectivity index (χ1n) is 2.86. The topological polar surface area (TPSA) is 49.7 Å². The predicted molar refractivity (Wildman–Crippen MR) is 34.9 cm³/mol. The van der Waals surface area contributed by atoms with Crippen molar-refractivity contribution < 1.29 is 14.9 Å². The molecule has 0 aromatic carbocycles. The number of aliphatic hydroxyl groups is 2. The Morgan fingerprint density at radius 3 is 2.70 bits per heavy atom. The van der Waals surface area contributed by atoms with Crippen LogP contribution in [0, 0.1) is 12.3 Å². The van der Waals surface area contributed by atoms with Crippen molar-refractivity contribution in [1.29, 1.82) is 0 Å². The quantitative estimate of drug-likeness (QED) is 0.372. The van der Waals surface area contributed by atoms with Gasteiger partial charge in [0.1, 0.15) is 0 Å². The maximum atomic E-state index is 8.81. The molecule has 0 amide bonds. The van der Waals surface area contributed by atoms with E-state index in [9.17, 15) is 0 Å². The Kier molecular flexibility index (Phi) is 1.77. The molecule has 1 heterocycles. The van der Waals surface area contributed by atoms with Crippen molar-refractivity contribution in [3.63, 3.8) is 0 Å². The van der Waals surface area contributed by atoms with Crippen LogP contribution in [0.5, 0.6) is 0 Å². The summed E-state index contributed by atoms with van der Waals surface area (Å²) in [5.41, 5.74) is -1.10. The number of hydrogen-bond donors (Lipinski definition) is 2. The van der Waals surface area contributed by atoms with Crippen LogP contribution >= 0.6 is 0 Å². The Morgan fingerprint density at radius 2 is 2.50 bits per heavy atom. The number of aliphatic hydroxyl groups excluding tert-OH is 2. The lowest BCUT2D eigenvalue weighted by molar-refractivity contribution is -0.114. The fraction of sp³-hybridized carbons (Fsp3) is 0.429. The molecule has 3 nitrogen and oxygen atoms in total. The second-order valence-electron chi connectivity index (χ2n) is 2.06. The predicted octanol–water partition coefficient (Wildman–Crippen LogP) is -0.744. The first-order chi connectivity index (χ1) is 4.72. The zero-order valence-electron chi connectivity index (χ0n) is 5.32. The van der Waals surface area contributed by atoms with Crippen LogP contribution < -0.4 is 0 Å². The summed E-state index contributed by atoms with van der Waals surface area (Å²) in [7, 11) is 0. The molecule has 3 heteroatoms. The van der Waals surface area contributed by atoms with Crippen molar-refractivity contribution in [2.24, 2.45) is 0 Å². The van der Waals surface area contributed by atoms with Gasteiger partial charge in [-0.05, 0) is 12.2 Å². The van der Waals surface area contributed by atoms with Crippen molar-refractivity contribution in [3.05, 3.63) is 12.2 Å². The van der Waals surface area contributed by atoms with Crippen LogP contribution in [0.2, 0.25) is 0 Å². The molecular weight excluding hydrogens is 132 g/mol. The van der Waals surface area contributed by atoms with Crippen LogP contribution in [0.4, 0.5) is 0 Å². The Labute approximate surface area is 58.9 Å². The largest absolute Gasteiger partial charge is 0.392 e. The van der Waals surface area contributed by atoms with Crippen molar-refractivity contribution in [2.45, 2.75) is 11.9 Å². The zero-order valence-corrected chi connectivity index (χ0v) is 5.32. The van der Waals surface area contributed by atoms with Gasteiger partial charge in [0, 0.05) is 0 Å². The van der Waals surface area contributed by atoms with E-state index in [0.29, 0.717) is 0 Å². The molecule has 1 aliphatic heterocycles. The van der Waals surface area contributed by atoms with E-state index in [1.165, 1.54) is 12.2 Å². The number of terminal acetylenes is 1. The summed E-state index contributed by atoms with van der Waals surface area (Å²) in [5, 5.41) is 17.5. The summed E-state index contributed by atoms with van der Waals surface area (Å²) in [4.78, 5) is 0. The van der Waals surface area contributed by atoms with Crippen LogP contribution in [-0.2, 0) is 4.74 Å². The summed E-state index contributed by atoms with van der Waals surface area (Å²) >= 11 is 0. The Bertz CT molecular complexity index is 192. The van der Waals surface area contributed by atoms with Gasteiger partial charge in [-0.25, -0.2) is 0 Å². The van der Waals surface area contributed by atoms with Crippen LogP contribution in [0.1, 0.15) is 0 Å². The average molecular weight is 140 g/mol. The molecule has 0 spiro atoms. The van der Waals surface area contributed by atoms with E-state index in [0.717, 1.165) is 0 Å². The molecule has 0 aromatic heterocycles. The number of rotatable bonds is 1. The third-order valence-corrected chi connectivity index (χ3v) is 1.34. The molecule has 1 rings (SSSR count). The van der Waals surface area contributed by atoms with E-state index in [4.69, 9.17) is 21.4 Å². The van der Waals surface area contributed by atoms with Gasteiger partial charge in [-0.1, -0.05) is 5.92 Å². The van der Waals surface area contributed by atoms with E-state index >= 15 is 0 Å². The van der Waals surface area contributed by atoms with Gasteiger partial charge in [0.25, 0.3) is 0 Å². The maximum Gasteiger partial charge on any atom is 0.176 e. The van der Waals surface area contributed by atoms with Crippen LogP contribution in [-0.4, -0.2) is 28.7 Å². The average Bonchev–Trinajstić information content (AvgIpc) is 2.33. The first-order valence-corrected chi connectivity index (χ1v) is 2.86. The highest BCUT2D eigenvalue weighted by Gasteiger charge is 2.31. The molecule has 54 valence electrons. The lowest BCUT2D eigenvalue weighted by atomic mass is 10.1. The van der Waals surface area contributed by atoms with E-state index in [1.807, 2.05) is 0 Å². The molecule has 1 aliphatic rings. The molecule has 0 aliphatic carbocycles. The highest BCUT2D eigenvalue weighted by Crippen LogP contribution is 2.20. The Hall–Kier alpha value is -0.820. The monoisotopic (exact) mass is 140 g/mol. The highest BCUT2D eigenvalue weighted by molar-refractivity contribution is 5.24. The minimum absolute atomic E-state index is 0.308. The van der Waals surface area contributed by atoms with Gasteiger partial charge in [0.2, 0.25) is 0 Å². The maximum absolute atomic E-state index is 8.81. The van der Waals surface area contributed by atoms with Gasteiger partial charge in [0.05, 0.1) is 6.61 Å². The molecule has 2 N–H and O–H groups in total. The molecule has 10 heavy (non-hydrogen) atoms. The summed E-state index contributed by atoms with van der Waals surface area (Å²) in [5.74, 6) is 2.24. The van der Waals surface area contributed by atoms with Gasteiger partial charge in [-0.2, -0.15) is 0 Å². The smallest absolute Gasteiger partial charge is 0.176 e. The summed E-state index contributed by atoms with van der Waals surface area (Å²) in [6.07, 6.45) is 6.93. The Balaban J connectivity index is 2.73. The van der Waals surface area contributed by atoms with Gasteiger partial charge >= 0.3 is 0 Å². The lowest BCUT2D eigenvalue weighted by Gasteiger charge is -2.17. The third kappa shape index (κ3) is 1.05. The van der Waals surface area contributed by atoms with E-state index in [1.54, 1.807) is 0 Å². The fourth-order valence-corrected chi connectivity index (χ4v) is 0.750. The zero-order chi connectivity index (χ0) is 7.61. The summed E-state index contributed by atoms with van der Waals surface area (Å²) in [6, 6.07) is 0. The van der Waals surface area contributed by atoms with E-state index < -0.39 is 11.9 Å². The standard InChI is InChI=1S/C7H8O3/c1-2-7(5-8)4-3-6(9)10-7/h1,3-4,6,8-9H,5H2/t6?,7-/m0/s1. The molecule has 0 fully saturated rings. The molecular formula is C7H8O3. The second kappa shape index (κ2) is 2.43. The summed E-state index contributed by atoms with van der Waals surface area (Å²) in [6.45, 7) is -0.308. The minimum atomic E-state index is -1.10. The van der Waals surface area contributed by atoms with Gasteiger partial charge in [-0.3, -0.25) is 0 Å².